The van der Waals surface area contributed by atoms with Gasteiger partial charge in [-0.15, -0.1) is 0 Å². The summed E-state index contributed by atoms with van der Waals surface area (Å²) in [6.45, 7) is 6.60. The second kappa shape index (κ2) is 11.2. The highest BCUT2D eigenvalue weighted by Crippen LogP contribution is 2.32. The molecule has 40 heavy (non-hydrogen) atoms. The molecule has 2 amide bonds. The topological polar surface area (TPSA) is 98.1 Å². The Hall–Kier alpha value is -4.11. The fourth-order valence-corrected chi connectivity index (χ4v) is 4.84. The van der Waals surface area contributed by atoms with Crippen molar-refractivity contribution in [1.29, 1.82) is 0 Å². The second-order valence-corrected chi connectivity index (χ2v) is 11.2. The molecule has 0 atom stereocenters. The molecule has 2 aromatic carbocycles. The SMILES string of the molecule is COc1ccc(-c2cc3nc(C4CCN(C(=O)OC(C)(C)C)CC4)c(C(=O)Nc4ccc(Cl)cc4)cn3n2)cc1. The summed E-state index contributed by atoms with van der Waals surface area (Å²) in [7, 11) is 1.62. The van der Waals surface area contributed by atoms with Crippen LogP contribution in [0.25, 0.3) is 16.9 Å². The number of likely N-dealkylation sites (tertiary alicyclic amines) is 1. The molecule has 1 aliphatic heterocycles. The minimum Gasteiger partial charge on any atom is -0.497 e. The Balaban J connectivity index is 1.46. The van der Waals surface area contributed by atoms with Crippen molar-refractivity contribution in [3.8, 4) is 17.0 Å². The number of benzene rings is 2. The first-order valence-electron chi connectivity index (χ1n) is 13.2. The molecule has 3 heterocycles. The van der Waals surface area contributed by atoms with E-state index in [1.165, 1.54) is 0 Å². The van der Waals surface area contributed by atoms with Gasteiger partial charge >= 0.3 is 6.09 Å². The van der Waals surface area contributed by atoms with Crippen LogP contribution in [0, 0.1) is 0 Å². The first-order chi connectivity index (χ1) is 19.1. The summed E-state index contributed by atoms with van der Waals surface area (Å²) in [6, 6.07) is 16.5. The number of carbonyl (C=O) groups excluding carboxylic acids is 2. The number of amides is 2. The van der Waals surface area contributed by atoms with E-state index in [-0.39, 0.29) is 17.9 Å². The van der Waals surface area contributed by atoms with Gasteiger partial charge in [0.2, 0.25) is 0 Å². The normalized spacial score (nSPS) is 14.3. The minimum atomic E-state index is -0.558. The van der Waals surface area contributed by atoms with Crippen LogP contribution in [0.1, 0.15) is 55.6 Å². The molecule has 1 fully saturated rings. The Labute approximate surface area is 238 Å². The Morgan fingerprint density at radius 1 is 1.02 bits per heavy atom. The van der Waals surface area contributed by atoms with Gasteiger partial charge in [0.05, 0.1) is 24.1 Å². The van der Waals surface area contributed by atoms with E-state index >= 15 is 0 Å². The zero-order valence-electron chi connectivity index (χ0n) is 23.0. The lowest BCUT2D eigenvalue weighted by Crippen LogP contribution is -2.41. The fraction of sp³-hybridized carbons (Fsp3) is 0.333. The van der Waals surface area contributed by atoms with E-state index in [0.29, 0.717) is 53.5 Å². The van der Waals surface area contributed by atoms with Gasteiger partial charge in [-0.3, -0.25) is 4.79 Å². The maximum atomic E-state index is 13.6. The zero-order valence-corrected chi connectivity index (χ0v) is 23.7. The largest absolute Gasteiger partial charge is 0.497 e. The molecule has 0 saturated carbocycles. The van der Waals surface area contributed by atoms with Crippen molar-refractivity contribution in [2.24, 2.45) is 0 Å². The third-order valence-corrected chi connectivity index (χ3v) is 7.00. The number of piperidine rings is 1. The summed E-state index contributed by atoms with van der Waals surface area (Å²) in [6.07, 6.45) is 2.72. The van der Waals surface area contributed by atoms with Crippen LogP contribution >= 0.6 is 11.6 Å². The monoisotopic (exact) mass is 561 g/mol. The number of halogens is 1. The van der Waals surface area contributed by atoms with Gasteiger partial charge in [-0.25, -0.2) is 14.3 Å². The molecule has 1 aliphatic rings. The molecule has 9 nitrogen and oxygen atoms in total. The third kappa shape index (κ3) is 6.20. The van der Waals surface area contributed by atoms with Crippen LogP contribution in [0.4, 0.5) is 10.5 Å². The average molecular weight is 562 g/mol. The van der Waals surface area contributed by atoms with Gasteiger partial charge in [-0.1, -0.05) is 11.6 Å². The molecule has 10 heteroatoms. The summed E-state index contributed by atoms with van der Waals surface area (Å²) >= 11 is 6.02. The predicted octanol–water partition coefficient (Wildman–Crippen LogP) is 6.43. The standard InChI is InChI=1S/C30H32ClN5O4/c1-30(2,3)40-29(38)35-15-13-20(14-16-35)27-24(28(37)32-22-9-7-21(31)8-10-22)18-36-26(33-27)17-25(34-36)19-5-11-23(39-4)12-6-19/h5-12,17-18,20H,13-16H2,1-4H3,(H,32,37). The molecule has 0 unspecified atom stereocenters. The quantitative estimate of drug-likeness (QED) is 0.302. The molecular formula is C30H32ClN5O4. The van der Waals surface area contributed by atoms with Crippen molar-refractivity contribution in [3.05, 3.63) is 77.1 Å². The summed E-state index contributed by atoms with van der Waals surface area (Å²) < 4.78 is 12.5. The predicted molar refractivity (Wildman–Crippen MR) is 154 cm³/mol. The maximum absolute atomic E-state index is 13.6. The number of nitrogens with zero attached hydrogens (tertiary/aromatic N) is 4. The van der Waals surface area contributed by atoms with E-state index in [4.69, 9.17) is 31.2 Å². The Morgan fingerprint density at radius 2 is 1.70 bits per heavy atom. The molecular weight excluding hydrogens is 530 g/mol. The molecule has 0 bridgehead atoms. The number of hydrogen-bond donors (Lipinski definition) is 1. The van der Waals surface area contributed by atoms with Crippen molar-refractivity contribution in [2.75, 3.05) is 25.5 Å². The summed E-state index contributed by atoms with van der Waals surface area (Å²) in [5.41, 5.74) is 3.46. The first-order valence-corrected chi connectivity index (χ1v) is 13.6. The van der Waals surface area contributed by atoms with Crippen LogP contribution in [0.15, 0.2) is 60.8 Å². The van der Waals surface area contributed by atoms with Gasteiger partial charge < -0.3 is 19.7 Å². The number of fused-ring (bicyclic) bond motifs is 1. The number of aromatic nitrogens is 3. The number of anilines is 1. The molecule has 5 rings (SSSR count). The van der Waals surface area contributed by atoms with E-state index in [1.807, 2.05) is 51.1 Å². The molecule has 4 aromatic rings. The van der Waals surface area contributed by atoms with Crippen molar-refractivity contribution in [2.45, 2.75) is 45.1 Å². The van der Waals surface area contributed by atoms with E-state index < -0.39 is 5.60 Å². The van der Waals surface area contributed by atoms with E-state index in [1.54, 1.807) is 47.0 Å². The molecule has 0 aliphatic carbocycles. The van der Waals surface area contributed by atoms with Crippen LogP contribution < -0.4 is 10.1 Å². The maximum Gasteiger partial charge on any atom is 0.410 e. The van der Waals surface area contributed by atoms with Gasteiger partial charge in [-0.2, -0.15) is 5.10 Å². The lowest BCUT2D eigenvalue weighted by atomic mass is 9.90. The molecule has 2 aromatic heterocycles. The summed E-state index contributed by atoms with van der Waals surface area (Å²) in [5, 5.41) is 8.24. The van der Waals surface area contributed by atoms with Crippen LogP contribution in [0.2, 0.25) is 5.02 Å². The van der Waals surface area contributed by atoms with Gasteiger partial charge in [-0.05, 0) is 82.1 Å². The summed E-state index contributed by atoms with van der Waals surface area (Å²) in [5.74, 6) is 0.448. The van der Waals surface area contributed by atoms with Crippen LogP contribution in [0.5, 0.6) is 5.75 Å². The first kappa shape index (κ1) is 27.5. The average Bonchev–Trinajstić information content (AvgIpc) is 3.36. The highest BCUT2D eigenvalue weighted by atomic mass is 35.5. The Bertz CT molecular complexity index is 1520. The van der Waals surface area contributed by atoms with Crippen LogP contribution in [-0.2, 0) is 4.74 Å². The van der Waals surface area contributed by atoms with Gasteiger partial charge in [0.1, 0.15) is 11.4 Å². The summed E-state index contributed by atoms with van der Waals surface area (Å²) in [4.78, 5) is 32.8. The highest BCUT2D eigenvalue weighted by Gasteiger charge is 2.31. The number of nitrogens with one attached hydrogen (secondary N) is 1. The number of ether oxygens (including phenoxy) is 2. The smallest absolute Gasteiger partial charge is 0.410 e. The van der Waals surface area contributed by atoms with Gasteiger partial charge in [0.15, 0.2) is 5.65 Å². The Kier molecular flexibility index (Phi) is 7.67. The van der Waals surface area contributed by atoms with Crippen molar-refractivity contribution in [1.82, 2.24) is 19.5 Å². The molecule has 0 spiro atoms. The second-order valence-electron chi connectivity index (χ2n) is 10.8. The number of hydrogen-bond acceptors (Lipinski definition) is 6. The van der Waals surface area contributed by atoms with Crippen LogP contribution in [0.3, 0.4) is 0 Å². The van der Waals surface area contributed by atoms with Crippen molar-refractivity contribution >= 4 is 34.9 Å². The number of methoxy groups -OCH3 is 1. The van der Waals surface area contributed by atoms with Gasteiger partial charge in [0, 0.05) is 47.5 Å². The Morgan fingerprint density at radius 3 is 2.33 bits per heavy atom. The minimum absolute atomic E-state index is 0.0195. The van der Waals surface area contributed by atoms with Crippen LogP contribution in [-0.4, -0.2) is 57.3 Å². The van der Waals surface area contributed by atoms with E-state index in [2.05, 4.69) is 5.32 Å². The molecule has 208 valence electrons. The number of rotatable bonds is 5. The van der Waals surface area contributed by atoms with Crippen molar-refractivity contribution < 1.29 is 19.1 Å². The highest BCUT2D eigenvalue weighted by molar-refractivity contribution is 6.30. The number of carbonyl (C=O) groups is 2. The van der Waals surface area contributed by atoms with Crippen molar-refractivity contribution in [3.63, 3.8) is 0 Å². The zero-order chi connectivity index (χ0) is 28.4. The van der Waals surface area contributed by atoms with E-state index in [9.17, 15) is 9.59 Å². The molecule has 0 radical (unpaired) electrons. The molecule has 1 N–H and O–H groups in total. The van der Waals surface area contributed by atoms with Gasteiger partial charge in [0.25, 0.3) is 5.91 Å². The van der Waals surface area contributed by atoms with E-state index in [0.717, 1.165) is 17.0 Å². The molecule has 1 saturated heterocycles. The lowest BCUT2D eigenvalue weighted by molar-refractivity contribution is 0.0203. The lowest BCUT2D eigenvalue weighted by Gasteiger charge is -2.33. The third-order valence-electron chi connectivity index (χ3n) is 6.74. The fourth-order valence-electron chi connectivity index (χ4n) is 4.72.